The molecule has 0 heterocycles. The van der Waals surface area contributed by atoms with E-state index < -0.39 is 97.5 Å². The molecule has 0 rings (SSSR count). The first-order chi connectivity index (χ1) is 39.5. The zero-order valence-corrected chi connectivity index (χ0v) is 54.4. The van der Waals surface area contributed by atoms with Gasteiger partial charge in [-0.25, -0.2) is 9.13 Å². The Morgan fingerprint density at radius 2 is 0.561 bits per heavy atom. The van der Waals surface area contributed by atoms with Gasteiger partial charge in [-0.3, -0.25) is 37.3 Å². The normalized spacial score (nSPS) is 14.3. The molecule has 0 aliphatic rings. The van der Waals surface area contributed by atoms with Crippen molar-refractivity contribution in [2.24, 2.45) is 5.92 Å². The maximum absolute atomic E-state index is 13.0. The molecule has 82 heavy (non-hydrogen) atoms. The summed E-state index contributed by atoms with van der Waals surface area (Å²) < 4.78 is 67.8. The highest BCUT2D eigenvalue weighted by atomic mass is 31.2. The van der Waals surface area contributed by atoms with E-state index in [-0.39, 0.29) is 25.7 Å². The Hall–Kier alpha value is -1.94. The van der Waals surface area contributed by atoms with Crippen molar-refractivity contribution < 1.29 is 80.2 Å². The van der Waals surface area contributed by atoms with Crippen LogP contribution in [0.5, 0.6) is 0 Å². The van der Waals surface area contributed by atoms with Crippen molar-refractivity contribution in [3.05, 3.63) is 0 Å². The lowest BCUT2D eigenvalue weighted by molar-refractivity contribution is -0.161. The van der Waals surface area contributed by atoms with Crippen LogP contribution >= 0.6 is 15.6 Å². The van der Waals surface area contributed by atoms with Crippen LogP contribution in [0.25, 0.3) is 0 Å². The second-order valence-electron chi connectivity index (χ2n) is 23.3. The molecular formula is C63H122O17P2. The highest BCUT2D eigenvalue weighted by Crippen LogP contribution is 2.45. The molecule has 0 fully saturated rings. The maximum atomic E-state index is 13.0. The van der Waals surface area contributed by atoms with E-state index in [0.29, 0.717) is 31.6 Å². The SMILES string of the molecule is CCCCCCCCCCCCCCCCCC(=O)O[C@H](COC(=O)CCCCCCCCCC(C)C)COP(=O)(O)OC[C@@H](O)COP(=O)(O)OC[C@@H](COC(=O)CCCCCCCCC)OC(=O)CCCCCCCCCCCC. The number of aliphatic hydroxyl groups excluding tert-OH is 1. The number of carbonyl (C=O) groups is 4. The van der Waals surface area contributed by atoms with Gasteiger partial charge in [0.15, 0.2) is 12.2 Å². The molecule has 0 radical (unpaired) electrons. The van der Waals surface area contributed by atoms with E-state index in [1.807, 2.05) is 0 Å². The Balaban J connectivity index is 5.20. The van der Waals surface area contributed by atoms with Gasteiger partial charge in [0.2, 0.25) is 0 Å². The number of ether oxygens (including phenoxy) is 4. The fraction of sp³-hybridized carbons (Fsp3) is 0.937. The molecule has 0 amide bonds. The van der Waals surface area contributed by atoms with Crippen LogP contribution < -0.4 is 0 Å². The molecule has 0 saturated carbocycles. The summed E-state index contributed by atoms with van der Waals surface area (Å²) >= 11 is 0. The number of phosphoric ester groups is 2. The third-order valence-corrected chi connectivity index (χ3v) is 16.4. The lowest BCUT2D eigenvalue weighted by atomic mass is 10.0. The van der Waals surface area contributed by atoms with Crippen LogP contribution in [0.4, 0.5) is 0 Å². The fourth-order valence-corrected chi connectivity index (χ4v) is 11.0. The minimum atomic E-state index is -4.94. The molecule has 0 spiro atoms. The summed E-state index contributed by atoms with van der Waals surface area (Å²) in [5.74, 6) is -1.43. The van der Waals surface area contributed by atoms with Gasteiger partial charge >= 0.3 is 39.5 Å². The van der Waals surface area contributed by atoms with Gasteiger partial charge in [0.1, 0.15) is 19.3 Å². The lowest BCUT2D eigenvalue weighted by Crippen LogP contribution is -2.30. The van der Waals surface area contributed by atoms with Crippen molar-refractivity contribution in [3.63, 3.8) is 0 Å². The van der Waals surface area contributed by atoms with Gasteiger partial charge in [-0.2, -0.15) is 0 Å². The van der Waals surface area contributed by atoms with Gasteiger partial charge in [-0.15, -0.1) is 0 Å². The number of phosphoric acid groups is 2. The third-order valence-electron chi connectivity index (χ3n) is 14.5. The number of esters is 4. The highest BCUT2D eigenvalue weighted by Gasteiger charge is 2.30. The number of hydrogen-bond donors (Lipinski definition) is 3. The summed E-state index contributed by atoms with van der Waals surface area (Å²) in [7, 11) is -9.88. The Labute approximate surface area is 498 Å². The molecule has 0 aliphatic carbocycles. The topological polar surface area (TPSA) is 237 Å². The van der Waals surface area contributed by atoms with Gasteiger partial charge in [0.05, 0.1) is 26.4 Å². The van der Waals surface area contributed by atoms with Gasteiger partial charge in [0.25, 0.3) is 0 Å². The first-order valence-electron chi connectivity index (χ1n) is 33.1. The van der Waals surface area contributed by atoms with Crippen LogP contribution in [-0.2, 0) is 65.4 Å². The van der Waals surface area contributed by atoms with Crippen LogP contribution in [0.3, 0.4) is 0 Å². The second kappa shape index (κ2) is 56.8. The summed E-state index contributed by atoms with van der Waals surface area (Å²) in [6.07, 6.45) is 40.4. The molecule has 0 aromatic heterocycles. The second-order valence-corrected chi connectivity index (χ2v) is 26.2. The molecule has 0 saturated heterocycles. The average Bonchev–Trinajstić information content (AvgIpc) is 3.46. The first kappa shape index (κ1) is 80.1. The van der Waals surface area contributed by atoms with Crippen LogP contribution in [-0.4, -0.2) is 96.7 Å². The van der Waals surface area contributed by atoms with Crippen LogP contribution in [0.1, 0.15) is 317 Å². The summed E-state index contributed by atoms with van der Waals surface area (Å²) in [6, 6.07) is 0. The van der Waals surface area contributed by atoms with Gasteiger partial charge in [-0.05, 0) is 31.6 Å². The van der Waals surface area contributed by atoms with E-state index in [2.05, 4.69) is 34.6 Å². The van der Waals surface area contributed by atoms with Crippen molar-refractivity contribution >= 4 is 39.5 Å². The molecular weight excluding hydrogens is 1090 g/mol. The first-order valence-corrected chi connectivity index (χ1v) is 36.1. The molecule has 0 bridgehead atoms. The largest absolute Gasteiger partial charge is 0.472 e. The van der Waals surface area contributed by atoms with Gasteiger partial charge in [-0.1, -0.05) is 266 Å². The highest BCUT2D eigenvalue weighted by molar-refractivity contribution is 7.47. The molecule has 486 valence electrons. The quantitative estimate of drug-likeness (QED) is 0.0222. The summed E-state index contributed by atoms with van der Waals surface area (Å²) in [5.41, 5.74) is 0. The Bertz CT molecular complexity index is 1600. The molecule has 3 N–H and O–H groups in total. The number of aliphatic hydroxyl groups is 1. The Kier molecular flexibility index (Phi) is 55.5. The monoisotopic (exact) mass is 1210 g/mol. The minimum absolute atomic E-state index is 0.106. The van der Waals surface area contributed by atoms with Crippen LogP contribution in [0, 0.1) is 5.92 Å². The van der Waals surface area contributed by atoms with Crippen molar-refractivity contribution in [1.82, 2.24) is 0 Å². The average molecular weight is 1210 g/mol. The predicted octanol–water partition coefficient (Wildman–Crippen LogP) is 17.4. The van der Waals surface area contributed by atoms with E-state index in [1.54, 1.807) is 0 Å². The summed E-state index contributed by atoms with van der Waals surface area (Å²) in [4.78, 5) is 72.0. The van der Waals surface area contributed by atoms with Crippen molar-refractivity contribution in [2.45, 2.75) is 335 Å². The van der Waals surface area contributed by atoms with E-state index in [0.717, 1.165) is 109 Å². The molecule has 2 unspecified atom stereocenters. The smallest absolute Gasteiger partial charge is 0.462 e. The minimum Gasteiger partial charge on any atom is -0.462 e. The summed E-state index contributed by atoms with van der Waals surface area (Å²) in [5, 5.41) is 10.5. The fourth-order valence-electron chi connectivity index (χ4n) is 9.41. The Morgan fingerprint density at radius 3 is 0.829 bits per heavy atom. The van der Waals surface area contributed by atoms with Crippen LogP contribution in [0.15, 0.2) is 0 Å². The molecule has 0 aromatic carbocycles. The Morgan fingerprint density at radius 1 is 0.329 bits per heavy atom. The van der Waals surface area contributed by atoms with Gasteiger partial charge < -0.3 is 33.8 Å². The van der Waals surface area contributed by atoms with E-state index in [4.69, 9.17) is 37.0 Å². The lowest BCUT2D eigenvalue weighted by Gasteiger charge is -2.21. The third kappa shape index (κ3) is 57.2. The zero-order chi connectivity index (χ0) is 60.6. The molecule has 5 atom stereocenters. The van der Waals surface area contributed by atoms with E-state index >= 15 is 0 Å². The van der Waals surface area contributed by atoms with E-state index in [9.17, 15) is 43.2 Å². The predicted molar refractivity (Wildman–Crippen MR) is 326 cm³/mol. The molecule has 17 nitrogen and oxygen atoms in total. The van der Waals surface area contributed by atoms with Crippen LogP contribution in [0.2, 0.25) is 0 Å². The number of carbonyl (C=O) groups excluding carboxylic acids is 4. The van der Waals surface area contributed by atoms with Crippen molar-refractivity contribution in [3.8, 4) is 0 Å². The molecule has 19 heteroatoms. The van der Waals surface area contributed by atoms with Gasteiger partial charge in [0, 0.05) is 25.7 Å². The number of hydrogen-bond acceptors (Lipinski definition) is 15. The summed E-state index contributed by atoms with van der Waals surface area (Å²) in [6.45, 7) is 7.09. The van der Waals surface area contributed by atoms with Crippen molar-refractivity contribution in [2.75, 3.05) is 39.6 Å². The number of rotatable bonds is 63. The molecule has 0 aromatic rings. The van der Waals surface area contributed by atoms with E-state index in [1.165, 1.54) is 122 Å². The number of unbranched alkanes of at least 4 members (excludes halogenated alkanes) is 35. The standard InChI is InChI=1S/C63H122O17P2/c1-6-9-12-15-18-20-22-23-24-25-26-28-33-39-44-49-63(68)80-59(53-74-61(66)47-42-37-34-29-31-35-40-45-56(4)5)55-78-82(71,72)76-51-57(64)50-75-81(69,70)77-54-58(52-73-60(65)46-41-36-30-17-14-11-8-3)79-62(67)48-43-38-32-27-21-19-16-13-10-7-2/h56-59,64H,6-55H2,1-5H3,(H,69,70)(H,71,72)/t57-,58+,59+/m0/s1. The maximum Gasteiger partial charge on any atom is 0.472 e. The zero-order valence-electron chi connectivity index (χ0n) is 52.6. The molecule has 0 aliphatic heterocycles. The van der Waals surface area contributed by atoms with Crippen molar-refractivity contribution in [1.29, 1.82) is 0 Å².